The first-order valence-electron chi connectivity index (χ1n) is 8.86. The van der Waals surface area contributed by atoms with Gasteiger partial charge in [0, 0.05) is 6.54 Å². The molecule has 0 bridgehead atoms. The highest BCUT2D eigenvalue weighted by Gasteiger charge is 2.13. The molecule has 4 rings (SSSR count). The Kier molecular flexibility index (Phi) is 4.42. The zero-order valence-corrected chi connectivity index (χ0v) is 15.3. The number of nitrogens with zero attached hydrogens (tertiary/aromatic N) is 4. The van der Waals surface area contributed by atoms with E-state index in [0.29, 0.717) is 17.6 Å². The number of allylic oxidation sites excluding steroid dienone is 1. The summed E-state index contributed by atoms with van der Waals surface area (Å²) in [5.74, 6) is 0. The van der Waals surface area contributed by atoms with Crippen LogP contribution < -0.4 is 5.56 Å². The molecule has 0 saturated carbocycles. The van der Waals surface area contributed by atoms with Gasteiger partial charge in [0.05, 0.1) is 11.9 Å². The summed E-state index contributed by atoms with van der Waals surface area (Å²) < 4.78 is 3.33. The van der Waals surface area contributed by atoms with Gasteiger partial charge in [0.15, 0.2) is 5.65 Å². The fourth-order valence-electron chi connectivity index (χ4n) is 3.09. The van der Waals surface area contributed by atoms with E-state index in [0.717, 1.165) is 16.8 Å². The molecular weight excluding hydrogens is 336 g/mol. The SMILES string of the molecule is Cc1cccc(-n2ncc3c(=O)n(CC=Cc4ccccc4)cnc32)c1C. The van der Waals surface area contributed by atoms with Crippen LogP contribution in [-0.4, -0.2) is 19.3 Å². The number of rotatable bonds is 4. The van der Waals surface area contributed by atoms with E-state index in [9.17, 15) is 4.79 Å². The third-order valence-corrected chi connectivity index (χ3v) is 4.77. The van der Waals surface area contributed by atoms with Gasteiger partial charge in [-0.1, -0.05) is 54.6 Å². The maximum Gasteiger partial charge on any atom is 0.264 e. The largest absolute Gasteiger partial charge is 0.295 e. The van der Waals surface area contributed by atoms with E-state index in [1.807, 2.05) is 61.5 Å². The van der Waals surface area contributed by atoms with E-state index in [1.165, 1.54) is 5.56 Å². The maximum absolute atomic E-state index is 12.8. The third kappa shape index (κ3) is 3.19. The Balaban J connectivity index is 1.69. The Morgan fingerprint density at radius 2 is 1.85 bits per heavy atom. The molecule has 2 aromatic carbocycles. The number of benzene rings is 2. The lowest BCUT2D eigenvalue weighted by atomic mass is 10.1. The topological polar surface area (TPSA) is 52.7 Å². The van der Waals surface area contributed by atoms with Crippen molar-refractivity contribution in [3.8, 4) is 5.69 Å². The van der Waals surface area contributed by atoms with E-state index in [1.54, 1.807) is 21.8 Å². The molecule has 0 unspecified atom stereocenters. The summed E-state index contributed by atoms with van der Waals surface area (Å²) in [7, 11) is 0. The van der Waals surface area contributed by atoms with Gasteiger partial charge in [-0.05, 0) is 36.6 Å². The van der Waals surface area contributed by atoms with Crippen molar-refractivity contribution in [3.63, 3.8) is 0 Å². The van der Waals surface area contributed by atoms with Gasteiger partial charge in [-0.3, -0.25) is 9.36 Å². The number of hydrogen-bond donors (Lipinski definition) is 0. The van der Waals surface area contributed by atoms with Crippen LogP contribution in [-0.2, 0) is 6.54 Å². The number of aryl methyl sites for hydroxylation is 1. The van der Waals surface area contributed by atoms with Crippen molar-refractivity contribution in [1.82, 2.24) is 19.3 Å². The summed E-state index contributed by atoms with van der Waals surface area (Å²) >= 11 is 0. The van der Waals surface area contributed by atoms with Crippen molar-refractivity contribution in [2.75, 3.05) is 0 Å². The van der Waals surface area contributed by atoms with Gasteiger partial charge in [0.25, 0.3) is 5.56 Å². The number of aromatic nitrogens is 4. The Morgan fingerprint density at radius 3 is 2.67 bits per heavy atom. The van der Waals surface area contributed by atoms with Crippen molar-refractivity contribution < 1.29 is 0 Å². The van der Waals surface area contributed by atoms with E-state index >= 15 is 0 Å². The summed E-state index contributed by atoms with van der Waals surface area (Å²) in [6.07, 6.45) is 7.14. The van der Waals surface area contributed by atoms with E-state index in [-0.39, 0.29) is 5.56 Å². The Labute approximate surface area is 157 Å². The summed E-state index contributed by atoms with van der Waals surface area (Å²) in [6.45, 7) is 4.57. The highest BCUT2D eigenvalue weighted by atomic mass is 16.1. The molecule has 0 aliphatic rings. The molecule has 5 heteroatoms. The summed E-state index contributed by atoms with van der Waals surface area (Å²) in [5.41, 5.74) is 4.84. The molecule has 0 atom stereocenters. The van der Waals surface area contributed by atoms with Gasteiger partial charge in [-0.15, -0.1) is 0 Å². The zero-order valence-electron chi connectivity index (χ0n) is 15.3. The average Bonchev–Trinajstić information content (AvgIpc) is 3.11. The van der Waals surface area contributed by atoms with Crippen molar-refractivity contribution in [3.05, 3.63) is 94.2 Å². The van der Waals surface area contributed by atoms with Crippen molar-refractivity contribution in [2.24, 2.45) is 0 Å². The Morgan fingerprint density at radius 1 is 1.04 bits per heavy atom. The predicted octanol–water partition coefficient (Wildman–Crippen LogP) is 3.91. The van der Waals surface area contributed by atoms with Crippen molar-refractivity contribution >= 4 is 17.1 Å². The fraction of sp³-hybridized carbons (Fsp3) is 0.136. The normalized spacial score (nSPS) is 11.5. The van der Waals surface area contributed by atoms with Gasteiger partial charge in [0.2, 0.25) is 0 Å². The first kappa shape index (κ1) is 17.0. The lowest BCUT2D eigenvalue weighted by Gasteiger charge is -2.09. The first-order chi connectivity index (χ1) is 13.1. The molecule has 0 aliphatic carbocycles. The van der Waals surface area contributed by atoms with Crippen LogP contribution in [0.3, 0.4) is 0 Å². The van der Waals surface area contributed by atoms with Crippen LogP contribution in [0.5, 0.6) is 0 Å². The average molecular weight is 356 g/mol. The standard InChI is InChI=1S/C22H20N4O/c1-16-8-6-12-20(17(16)2)26-21-19(14-24-26)22(27)25(15-23-21)13-7-11-18-9-4-3-5-10-18/h3-12,14-15H,13H2,1-2H3. The first-order valence-corrected chi connectivity index (χ1v) is 8.86. The maximum atomic E-state index is 12.8. The summed E-state index contributed by atoms with van der Waals surface area (Å²) in [4.78, 5) is 17.3. The molecule has 5 nitrogen and oxygen atoms in total. The molecule has 134 valence electrons. The molecule has 0 spiro atoms. The highest BCUT2D eigenvalue weighted by molar-refractivity contribution is 5.75. The van der Waals surface area contributed by atoms with Crippen LogP contribution in [0.15, 0.2) is 71.9 Å². The highest BCUT2D eigenvalue weighted by Crippen LogP contribution is 2.19. The molecule has 0 amide bonds. The van der Waals surface area contributed by atoms with Crippen molar-refractivity contribution in [2.45, 2.75) is 20.4 Å². The van der Waals surface area contributed by atoms with Gasteiger partial charge < -0.3 is 0 Å². The number of fused-ring (bicyclic) bond motifs is 1. The quantitative estimate of drug-likeness (QED) is 0.557. The van der Waals surface area contributed by atoms with E-state index < -0.39 is 0 Å². The van der Waals surface area contributed by atoms with Gasteiger partial charge in [-0.2, -0.15) is 5.10 Å². The smallest absolute Gasteiger partial charge is 0.264 e. The second kappa shape index (κ2) is 7.03. The molecule has 27 heavy (non-hydrogen) atoms. The molecular formula is C22H20N4O. The minimum Gasteiger partial charge on any atom is -0.295 e. The van der Waals surface area contributed by atoms with Crippen LogP contribution >= 0.6 is 0 Å². The molecule has 4 aromatic rings. The second-order valence-corrected chi connectivity index (χ2v) is 6.53. The van der Waals surface area contributed by atoms with Crippen LogP contribution in [0.4, 0.5) is 0 Å². The van der Waals surface area contributed by atoms with Crippen molar-refractivity contribution in [1.29, 1.82) is 0 Å². The molecule has 0 radical (unpaired) electrons. The Bertz CT molecular complexity index is 1190. The molecule has 0 saturated heterocycles. The van der Waals surface area contributed by atoms with Crippen LogP contribution in [0.2, 0.25) is 0 Å². The molecule has 2 aromatic heterocycles. The monoisotopic (exact) mass is 356 g/mol. The lowest BCUT2D eigenvalue weighted by Crippen LogP contribution is -2.19. The van der Waals surface area contributed by atoms with E-state index in [2.05, 4.69) is 23.1 Å². The van der Waals surface area contributed by atoms with Crippen LogP contribution in [0, 0.1) is 13.8 Å². The van der Waals surface area contributed by atoms with Crippen LogP contribution in [0.1, 0.15) is 16.7 Å². The minimum atomic E-state index is -0.0886. The van der Waals surface area contributed by atoms with Gasteiger partial charge in [0.1, 0.15) is 11.7 Å². The molecule has 0 N–H and O–H groups in total. The molecule has 0 fully saturated rings. The second-order valence-electron chi connectivity index (χ2n) is 6.53. The third-order valence-electron chi connectivity index (χ3n) is 4.77. The van der Waals surface area contributed by atoms with E-state index in [4.69, 9.17) is 0 Å². The van der Waals surface area contributed by atoms with Gasteiger partial charge in [-0.25, -0.2) is 9.67 Å². The lowest BCUT2D eigenvalue weighted by molar-refractivity contribution is 0.764. The van der Waals surface area contributed by atoms with Gasteiger partial charge >= 0.3 is 0 Å². The zero-order chi connectivity index (χ0) is 18.8. The number of hydrogen-bond acceptors (Lipinski definition) is 3. The molecule has 2 heterocycles. The van der Waals surface area contributed by atoms with Crippen LogP contribution in [0.25, 0.3) is 22.8 Å². The Hall–Kier alpha value is -3.47. The summed E-state index contributed by atoms with van der Waals surface area (Å²) in [6, 6.07) is 16.0. The summed E-state index contributed by atoms with van der Waals surface area (Å²) in [5, 5.41) is 4.94. The fourth-order valence-corrected chi connectivity index (χ4v) is 3.09. The molecule has 0 aliphatic heterocycles. The minimum absolute atomic E-state index is 0.0886. The predicted molar refractivity (Wildman–Crippen MR) is 108 cm³/mol.